The lowest BCUT2D eigenvalue weighted by Gasteiger charge is -2.09. The van der Waals surface area contributed by atoms with Crippen LogP contribution in [0, 0.1) is 0 Å². The van der Waals surface area contributed by atoms with Crippen LogP contribution in [-0.4, -0.2) is 18.6 Å². The normalized spacial score (nSPS) is 17.6. The Morgan fingerprint density at radius 1 is 1.26 bits per heavy atom. The highest BCUT2D eigenvalue weighted by Gasteiger charge is 2.20. The van der Waals surface area contributed by atoms with Crippen molar-refractivity contribution in [3.63, 3.8) is 0 Å². The Morgan fingerprint density at radius 3 is 2.63 bits per heavy atom. The van der Waals surface area contributed by atoms with Gasteiger partial charge in [0.1, 0.15) is 0 Å². The van der Waals surface area contributed by atoms with Gasteiger partial charge in [-0.05, 0) is 19.4 Å². The van der Waals surface area contributed by atoms with E-state index in [-0.39, 0.29) is 0 Å². The van der Waals surface area contributed by atoms with Crippen LogP contribution in [0.15, 0.2) is 0 Å². The lowest BCUT2D eigenvalue weighted by molar-refractivity contribution is 0.181. The van der Waals surface area contributed by atoms with Crippen molar-refractivity contribution in [1.29, 1.82) is 0 Å². The Bertz CT molecular complexity index is 370. The standard InChI is InChI=1S/C15H26N2OS/c1-3-16-10-14-13(11-18-2)17-15(19-14)12-8-6-4-5-7-9-12/h12,16H,3-11H2,1-2H3. The van der Waals surface area contributed by atoms with Crippen LogP contribution >= 0.6 is 11.3 Å². The van der Waals surface area contributed by atoms with Gasteiger partial charge in [0, 0.05) is 24.4 Å². The van der Waals surface area contributed by atoms with Crippen molar-refractivity contribution in [2.45, 2.75) is 64.5 Å². The van der Waals surface area contributed by atoms with Crippen molar-refractivity contribution < 1.29 is 4.74 Å². The summed E-state index contributed by atoms with van der Waals surface area (Å²) in [5.74, 6) is 0.693. The van der Waals surface area contributed by atoms with E-state index in [0.29, 0.717) is 12.5 Å². The number of hydrogen-bond acceptors (Lipinski definition) is 4. The van der Waals surface area contributed by atoms with Gasteiger partial charge in [0.25, 0.3) is 0 Å². The van der Waals surface area contributed by atoms with E-state index >= 15 is 0 Å². The Balaban J connectivity index is 2.10. The Kier molecular flexibility index (Phi) is 6.28. The number of hydrogen-bond donors (Lipinski definition) is 1. The van der Waals surface area contributed by atoms with Gasteiger partial charge in [-0.25, -0.2) is 4.98 Å². The molecule has 1 fully saturated rings. The molecule has 3 nitrogen and oxygen atoms in total. The molecule has 2 rings (SSSR count). The maximum absolute atomic E-state index is 5.29. The second-order valence-corrected chi connectivity index (χ2v) is 6.44. The first-order valence-electron chi connectivity index (χ1n) is 7.53. The molecule has 1 aliphatic rings. The number of nitrogens with one attached hydrogen (secondary N) is 1. The van der Waals surface area contributed by atoms with Gasteiger partial charge in [-0.2, -0.15) is 0 Å². The SMILES string of the molecule is CCNCc1sc(C2CCCCCC2)nc1COC. The fraction of sp³-hybridized carbons (Fsp3) is 0.800. The molecule has 0 aromatic carbocycles. The van der Waals surface area contributed by atoms with Crippen LogP contribution in [0.3, 0.4) is 0 Å². The highest BCUT2D eigenvalue weighted by atomic mass is 32.1. The second-order valence-electron chi connectivity index (χ2n) is 5.32. The predicted octanol–water partition coefficient (Wildman–Crippen LogP) is 3.84. The molecule has 0 bridgehead atoms. The van der Waals surface area contributed by atoms with Gasteiger partial charge in [0.05, 0.1) is 17.3 Å². The number of thiazole rings is 1. The Hall–Kier alpha value is -0.450. The van der Waals surface area contributed by atoms with Crippen LogP contribution in [0.2, 0.25) is 0 Å². The largest absolute Gasteiger partial charge is 0.378 e. The molecule has 0 unspecified atom stereocenters. The molecular formula is C15H26N2OS. The van der Waals surface area contributed by atoms with Gasteiger partial charge in [-0.1, -0.05) is 32.6 Å². The molecule has 0 amide bonds. The second kappa shape index (κ2) is 7.98. The van der Waals surface area contributed by atoms with E-state index in [1.807, 2.05) is 11.3 Å². The zero-order valence-electron chi connectivity index (χ0n) is 12.2. The van der Waals surface area contributed by atoms with E-state index in [9.17, 15) is 0 Å². The summed E-state index contributed by atoms with van der Waals surface area (Å²) in [6, 6.07) is 0. The maximum Gasteiger partial charge on any atom is 0.0963 e. The summed E-state index contributed by atoms with van der Waals surface area (Å²) >= 11 is 1.90. The maximum atomic E-state index is 5.29. The lowest BCUT2D eigenvalue weighted by Crippen LogP contribution is -2.12. The zero-order valence-corrected chi connectivity index (χ0v) is 13.0. The first kappa shape index (κ1) is 14.9. The van der Waals surface area contributed by atoms with Crippen molar-refractivity contribution in [1.82, 2.24) is 10.3 Å². The third kappa shape index (κ3) is 4.26. The number of aromatic nitrogens is 1. The molecule has 0 radical (unpaired) electrons. The van der Waals surface area contributed by atoms with E-state index in [0.717, 1.165) is 18.8 Å². The van der Waals surface area contributed by atoms with Crippen LogP contribution in [-0.2, 0) is 17.9 Å². The zero-order chi connectivity index (χ0) is 13.5. The number of nitrogens with zero attached hydrogens (tertiary/aromatic N) is 1. The molecule has 1 N–H and O–H groups in total. The smallest absolute Gasteiger partial charge is 0.0963 e. The molecule has 1 heterocycles. The summed E-state index contributed by atoms with van der Waals surface area (Å²) in [5.41, 5.74) is 1.15. The van der Waals surface area contributed by atoms with Crippen LogP contribution < -0.4 is 5.32 Å². The van der Waals surface area contributed by atoms with Crippen molar-refractivity contribution in [3.05, 3.63) is 15.6 Å². The average molecular weight is 282 g/mol. The summed E-state index contributed by atoms with van der Waals surface area (Å²) in [5, 5.41) is 4.76. The van der Waals surface area contributed by atoms with Gasteiger partial charge < -0.3 is 10.1 Å². The van der Waals surface area contributed by atoms with Crippen molar-refractivity contribution >= 4 is 11.3 Å². The molecule has 0 aliphatic heterocycles. The van der Waals surface area contributed by atoms with Crippen LogP contribution in [0.5, 0.6) is 0 Å². The van der Waals surface area contributed by atoms with E-state index < -0.39 is 0 Å². The van der Waals surface area contributed by atoms with Gasteiger partial charge in [-0.3, -0.25) is 0 Å². The first-order chi connectivity index (χ1) is 9.35. The van der Waals surface area contributed by atoms with E-state index in [1.165, 1.54) is 48.4 Å². The first-order valence-corrected chi connectivity index (χ1v) is 8.35. The molecule has 0 atom stereocenters. The molecule has 1 aromatic rings. The van der Waals surface area contributed by atoms with Gasteiger partial charge >= 0.3 is 0 Å². The minimum Gasteiger partial charge on any atom is -0.378 e. The molecule has 0 spiro atoms. The number of rotatable bonds is 6. The molecule has 4 heteroatoms. The topological polar surface area (TPSA) is 34.2 Å². The molecule has 19 heavy (non-hydrogen) atoms. The van der Waals surface area contributed by atoms with Crippen LogP contribution in [0.4, 0.5) is 0 Å². The summed E-state index contributed by atoms with van der Waals surface area (Å²) in [4.78, 5) is 6.24. The van der Waals surface area contributed by atoms with Gasteiger partial charge in [0.15, 0.2) is 0 Å². The summed E-state index contributed by atoms with van der Waals surface area (Å²) < 4.78 is 5.29. The highest BCUT2D eigenvalue weighted by molar-refractivity contribution is 7.11. The van der Waals surface area contributed by atoms with Crippen LogP contribution in [0.25, 0.3) is 0 Å². The fourth-order valence-electron chi connectivity index (χ4n) is 2.73. The molecule has 1 aromatic heterocycles. The summed E-state index contributed by atoms with van der Waals surface area (Å²) in [6.45, 7) is 4.72. The minimum absolute atomic E-state index is 0.643. The molecule has 108 valence electrons. The average Bonchev–Trinajstić information content (AvgIpc) is 2.65. The Labute approximate surface area is 120 Å². The highest BCUT2D eigenvalue weighted by Crippen LogP contribution is 2.35. The molecule has 0 saturated heterocycles. The fourth-order valence-corrected chi connectivity index (χ4v) is 3.94. The Morgan fingerprint density at radius 2 is 2.00 bits per heavy atom. The third-order valence-electron chi connectivity index (χ3n) is 3.82. The van der Waals surface area contributed by atoms with E-state index in [2.05, 4.69) is 12.2 Å². The third-order valence-corrected chi connectivity index (χ3v) is 5.08. The van der Waals surface area contributed by atoms with Crippen molar-refractivity contribution in [2.24, 2.45) is 0 Å². The van der Waals surface area contributed by atoms with E-state index in [1.54, 1.807) is 7.11 Å². The lowest BCUT2D eigenvalue weighted by atomic mass is 10.0. The van der Waals surface area contributed by atoms with Gasteiger partial charge in [-0.15, -0.1) is 11.3 Å². The molecule has 1 aliphatic carbocycles. The molecular weight excluding hydrogens is 256 g/mol. The number of ether oxygens (including phenoxy) is 1. The van der Waals surface area contributed by atoms with E-state index in [4.69, 9.17) is 9.72 Å². The summed E-state index contributed by atoms with van der Waals surface area (Å²) in [6.07, 6.45) is 8.17. The minimum atomic E-state index is 0.643. The van der Waals surface area contributed by atoms with Crippen LogP contribution in [0.1, 0.15) is 66.9 Å². The van der Waals surface area contributed by atoms with Gasteiger partial charge in [0.2, 0.25) is 0 Å². The quantitative estimate of drug-likeness (QED) is 0.805. The van der Waals surface area contributed by atoms with Crippen molar-refractivity contribution in [2.75, 3.05) is 13.7 Å². The number of methoxy groups -OCH3 is 1. The van der Waals surface area contributed by atoms with Crippen molar-refractivity contribution in [3.8, 4) is 0 Å². The molecule has 1 saturated carbocycles. The predicted molar refractivity (Wildman–Crippen MR) is 80.7 cm³/mol. The monoisotopic (exact) mass is 282 g/mol. The summed E-state index contributed by atoms with van der Waals surface area (Å²) in [7, 11) is 1.75.